The van der Waals surface area contributed by atoms with Gasteiger partial charge in [-0.15, -0.1) is 0 Å². The van der Waals surface area contributed by atoms with Crippen LogP contribution in [0.2, 0.25) is 0 Å². The Hall–Kier alpha value is -1.89. The summed E-state index contributed by atoms with van der Waals surface area (Å²) in [4.78, 5) is 25.4. The van der Waals surface area contributed by atoms with E-state index in [-0.39, 0.29) is 5.91 Å². The van der Waals surface area contributed by atoms with Crippen molar-refractivity contribution in [3.05, 3.63) is 11.8 Å². The lowest BCUT2D eigenvalue weighted by molar-refractivity contribution is -0.131. The number of hydrogen-bond donors (Lipinski definition) is 2. The first-order valence-electron chi connectivity index (χ1n) is 8.95. The van der Waals surface area contributed by atoms with Gasteiger partial charge in [-0.05, 0) is 5.92 Å². The molecule has 0 aliphatic carbocycles. The van der Waals surface area contributed by atoms with Gasteiger partial charge in [0.15, 0.2) is 0 Å². The van der Waals surface area contributed by atoms with Gasteiger partial charge in [-0.3, -0.25) is 4.79 Å². The molecule has 7 nitrogen and oxygen atoms in total. The molecule has 0 unspecified atom stereocenters. The van der Waals surface area contributed by atoms with Crippen molar-refractivity contribution in [3.63, 3.8) is 0 Å². The van der Waals surface area contributed by atoms with Crippen molar-refractivity contribution in [1.82, 2.24) is 20.2 Å². The summed E-state index contributed by atoms with van der Waals surface area (Å²) < 4.78 is 0. The molecule has 2 aliphatic heterocycles. The van der Waals surface area contributed by atoms with Crippen molar-refractivity contribution in [2.24, 2.45) is 0 Å². The molecule has 7 heteroatoms. The summed E-state index contributed by atoms with van der Waals surface area (Å²) in [6.45, 7) is 11.3. The van der Waals surface area contributed by atoms with Gasteiger partial charge in [0.2, 0.25) is 11.9 Å². The number of carbonyl (C=O) groups is 1. The number of aromatic nitrogens is 2. The lowest BCUT2D eigenvalue weighted by atomic mass is 10.1. The molecule has 2 fully saturated rings. The minimum absolute atomic E-state index is 0.228. The molecule has 2 N–H and O–H groups in total. The van der Waals surface area contributed by atoms with Crippen LogP contribution in [-0.2, 0) is 4.79 Å². The third-order valence-electron chi connectivity index (χ3n) is 4.68. The topological polar surface area (TPSA) is 73.4 Å². The van der Waals surface area contributed by atoms with E-state index in [1.165, 1.54) is 0 Å². The second-order valence-corrected chi connectivity index (χ2v) is 6.85. The van der Waals surface area contributed by atoms with Gasteiger partial charge in [-0.2, -0.15) is 4.98 Å². The predicted molar refractivity (Wildman–Crippen MR) is 95.5 cm³/mol. The predicted octanol–water partition coefficient (Wildman–Crippen LogP) is 1.04. The van der Waals surface area contributed by atoms with Crippen LogP contribution in [0.25, 0.3) is 0 Å². The highest BCUT2D eigenvalue weighted by atomic mass is 16.2. The molecule has 0 atom stereocenters. The Bertz CT molecular complexity index is 578. The van der Waals surface area contributed by atoms with Crippen LogP contribution >= 0.6 is 0 Å². The monoisotopic (exact) mass is 332 g/mol. The van der Waals surface area contributed by atoms with Crippen molar-refractivity contribution in [2.45, 2.75) is 39.2 Å². The van der Waals surface area contributed by atoms with Crippen LogP contribution in [0.5, 0.6) is 0 Å². The van der Waals surface area contributed by atoms with Crippen LogP contribution in [0.4, 0.5) is 11.8 Å². The van der Waals surface area contributed by atoms with Gasteiger partial charge in [-0.1, -0.05) is 20.8 Å². The number of rotatable bonds is 5. The van der Waals surface area contributed by atoms with E-state index in [1.54, 1.807) is 0 Å². The van der Waals surface area contributed by atoms with Crippen LogP contribution in [0.1, 0.15) is 38.8 Å². The molecule has 3 heterocycles. The maximum Gasteiger partial charge on any atom is 0.227 e. The van der Waals surface area contributed by atoms with Gasteiger partial charge in [-0.25, -0.2) is 4.98 Å². The van der Waals surface area contributed by atoms with E-state index >= 15 is 0 Å². The second-order valence-electron chi connectivity index (χ2n) is 6.85. The highest BCUT2D eigenvalue weighted by molar-refractivity contribution is 5.76. The van der Waals surface area contributed by atoms with Gasteiger partial charge in [0, 0.05) is 51.8 Å². The molecule has 1 aromatic heterocycles. The summed E-state index contributed by atoms with van der Waals surface area (Å²) in [5, 5.41) is 6.75. The van der Waals surface area contributed by atoms with E-state index in [0.29, 0.717) is 18.4 Å². The molecular formula is C17H28N6O. The molecule has 1 amide bonds. The second kappa shape index (κ2) is 7.34. The number of amides is 1. The van der Waals surface area contributed by atoms with Gasteiger partial charge in [0.05, 0.1) is 11.7 Å². The Morgan fingerprint density at radius 3 is 2.54 bits per heavy atom. The summed E-state index contributed by atoms with van der Waals surface area (Å²) >= 11 is 0. The zero-order chi connectivity index (χ0) is 17.1. The molecule has 2 aliphatic rings. The van der Waals surface area contributed by atoms with Crippen LogP contribution in [0.3, 0.4) is 0 Å². The third-order valence-corrected chi connectivity index (χ3v) is 4.68. The Morgan fingerprint density at radius 2 is 2.00 bits per heavy atom. The van der Waals surface area contributed by atoms with E-state index in [2.05, 4.69) is 35.4 Å². The summed E-state index contributed by atoms with van der Waals surface area (Å²) in [7, 11) is 0. The molecular weight excluding hydrogens is 304 g/mol. The van der Waals surface area contributed by atoms with E-state index in [4.69, 9.17) is 9.97 Å². The van der Waals surface area contributed by atoms with E-state index in [9.17, 15) is 4.79 Å². The molecule has 0 aromatic carbocycles. The summed E-state index contributed by atoms with van der Waals surface area (Å²) in [5.74, 6) is 2.27. The highest BCUT2D eigenvalue weighted by Gasteiger charge is 2.23. The standard InChI is InChI=1S/C17H28N6O/c1-4-16(24)22-5-7-23(8-6-22)17-20-14(12(2)3)9-15(21-17)19-13-10-18-11-13/h9,12-13,18H,4-8,10-11H2,1-3H3,(H,19,20,21). The number of carbonyl (C=O) groups excluding carboxylic acids is 1. The summed E-state index contributed by atoms with van der Waals surface area (Å²) in [5.41, 5.74) is 1.06. The summed E-state index contributed by atoms with van der Waals surface area (Å²) in [6, 6.07) is 2.51. The van der Waals surface area contributed by atoms with Crippen LogP contribution < -0.4 is 15.5 Å². The van der Waals surface area contributed by atoms with Gasteiger partial charge < -0.3 is 20.4 Å². The third kappa shape index (κ3) is 3.77. The first-order valence-corrected chi connectivity index (χ1v) is 8.95. The van der Waals surface area contributed by atoms with Crippen molar-refractivity contribution in [3.8, 4) is 0 Å². The SMILES string of the molecule is CCC(=O)N1CCN(c2nc(NC3CNC3)cc(C(C)C)n2)CC1. The quantitative estimate of drug-likeness (QED) is 0.839. The van der Waals surface area contributed by atoms with Crippen LogP contribution in [-0.4, -0.2) is 66.1 Å². The summed E-state index contributed by atoms with van der Waals surface area (Å²) in [6.07, 6.45) is 0.572. The van der Waals surface area contributed by atoms with Crippen molar-refractivity contribution < 1.29 is 4.79 Å². The number of anilines is 2. The number of hydrogen-bond acceptors (Lipinski definition) is 6. The molecule has 1 aromatic rings. The van der Waals surface area contributed by atoms with Gasteiger partial charge in [0.25, 0.3) is 0 Å². The maximum absolute atomic E-state index is 11.8. The van der Waals surface area contributed by atoms with Crippen molar-refractivity contribution in [2.75, 3.05) is 49.5 Å². The number of nitrogens with one attached hydrogen (secondary N) is 2. The van der Waals surface area contributed by atoms with Gasteiger partial charge in [0.1, 0.15) is 5.82 Å². The highest BCUT2D eigenvalue weighted by Crippen LogP contribution is 2.21. The number of nitrogens with zero attached hydrogens (tertiary/aromatic N) is 4. The normalized spacial score (nSPS) is 18.7. The van der Waals surface area contributed by atoms with E-state index in [0.717, 1.165) is 56.7 Å². The lowest BCUT2D eigenvalue weighted by Gasteiger charge is -2.35. The first kappa shape index (κ1) is 17.0. The molecule has 24 heavy (non-hydrogen) atoms. The molecule has 0 saturated carbocycles. The lowest BCUT2D eigenvalue weighted by Crippen LogP contribution is -2.51. The first-order chi connectivity index (χ1) is 11.6. The van der Waals surface area contributed by atoms with Crippen molar-refractivity contribution in [1.29, 1.82) is 0 Å². The molecule has 3 rings (SSSR count). The Balaban J connectivity index is 1.73. The maximum atomic E-state index is 11.8. The average Bonchev–Trinajstić information content (AvgIpc) is 2.57. The fourth-order valence-corrected chi connectivity index (χ4v) is 2.94. The Morgan fingerprint density at radius 1 is 1.29 bits per heavy atom. The zero-order valence-corrected chi connectivity index (χ0v) is 14.9. The zero-order valence-electron chi connectivity index (χ0n) is 14.9. The molecule has 0 radical (unpaired) electrons. The van der Waals surface area contributed by atoms with E-state index in [1.807, 2.05) is 11.8 Å². The minimum atomic E-state index is 0.228. The van der Waals surface area contributed by atoms with Gasteiger partial charge >= 0.3 is 0 Å². The Labute approximate surface area is 143 Å². The van der Waals surface area contributed by atoms with Crippen molar-refractivity contribution >= 4 is 17.7 Å². The average molecular weight is 332 g/mol. The molecule has 132 valence electrons. The largest absolute Gasteiger partial charge is 0.365 e. The van der Waals surface area contributed by atoms with Crippen LogP contribution in [0.15, 0.2) is 6.07 Å². The Kier molecular flexibility index (Phi) is 5.18. The molecule has 0 bridgehead atoms. The van der Waals surface area contributed by atoms with E-state index < -0.39 is 0 Å². The molecule has 0 spiro atoms. The fourth-order valence-electron chi connectivity index (χ4n) is 2.94. The smallest absolute Gasteiger partial charge is 0.227 e. The minimum Gasteiger partial charge on any atom is -0.365 e. The van der Waals surface area contributed by atoms with Crippen LogP contribution in [0, 0.1) is 0 Å². The number of piperazine rings is 1. The fraction of sp³-hybridized carbons (Fsp3) is 0.706. The molecule has 2 saturated heterocycles.